The van der Waals surface area contributed by atoms with E-state index in [0.717, 1.165) is 22.9 Å². The predicted octanol–water partition coefficient (Wildman–Crippen LogP) is 4.35. The summed E-state index contributed by atoms with van der Waals surface area (Å²) in [5, 5.41) is -0.286. The van der Waals surface area contributed by atoms with Gasteiger partial charge in [-0.15, -0.1) is 0 Å². The Labute approximate surface area is 174 Å². The monoisotopic (exact) mass is 413 g/mol. The second kappa shape index (κ2) is 10.1. The van der Waals surface area contributed by atoms with Gasteiger partial charge in [-0.3, -0.25) is 14.5 Å². The lowest BCUT2D eigenvalue weighted by molar-refractivity contribution is -0.123. The Hall–Kier alpha value is -2.77. The first-order chi connectivity index (χ1) is 14.1. The molecule has 2 aromatic carbocycles. The third-order valence-corrected chi connectivity index (χ3v) is 5.10. The molecule has 1 heterocycles. The molecule has 0 bridgehead atoms. The van der Waals surface area contributed by atoms with Gasteiger partial charge in [-0.1, -0.05) is 36.4 Å². The first kappa shape index (κ1) is 21.0. The van der Waals surface area contributed by atoms with Gasteiger partial charge < -0.3 is 14.2 Å². The van der Waals surface area contributed by atoms with E-state index in [1.165, 1.54) is 12.0 Å². The number of carbonyl (C=O) groups is 2. The fourth-order valence-corrected chi connectivity index (χ4v) is 3.63. The average Bonchev–Trinajstić information content (AvgIpc) is 2.99. The van der Waals surface area contributed by atoms with E-state index in [2.05, 4.69) is 0 Å². The van der Waals surface area contributed by atoms with Crippen molar-refractivity contribution in [1.29, 1.82) is 0 Å². The standard InChI is InChI=1S/C22H23NO5S/c1-3-27-19-13-17(9-10-18(19)28-15-16-7-5-4-6-8-16)14-20-21(24)23(11-12-26-2)22(25)29-20/h4-10,13-14H,3,11-12,15H2,1-2H3/b20-14+. The van der Waals surface area contributed by atoms with E-state index in [0.29, 0.717) is 36.2 Å². The van der Waals surface area contributed by atoms with Crippen LogP contribution in [0.2, 0.25) is 0 Å². The van der Waals surface area contributed by atoms with Crippen molar-refractivity contribution >= 4 is 29.0 Å². The maximum absolute atomic E-state index is 12.5. The van der Waals surface area contributed by atoms with Gasteiger partial charge in [0.15, 0.2) is 11.5 Å². The van der Waals surface area contributed by atoms with Crippen molar-refractivity contribution in [2.75, 3.05) is 26.9 Å². The third-order valence-electron chi connectivity index (χ3n) is 4.20. The maximum Gasteiger partial charge on any atom is 0.293 e. The molecule has 6 nitrogen and oxygen atoms in total. The normalized spacial score (nSPS) is 15.2. The van der Waals surface area contributed by atoms with Crippen LogP contribution in [-0.2, 0) is 16.1 Å². The van der Waals surface area contributed by atoms with E-state index in [4.69, 9.17) is 14.2 Å². The summed E-state index contributed by atoms with van der Waals surface area (Å²) in [4.78, 5) is 26.1. The summed E-state index contributed by atoms with van der Waals surface area (Å²) in [6.45, 7) is 3.37. The smallest absolute Gasteiger partial charge is 0.293 e. The summed E-state index contributed by atoms with van der Waals surface area (Å²) in [6, 6.07) is 15.3. The number of rotatable bonds is 9. The van der Waals surface area contributed by atoms with E-state index in [1.807, 2.05) is 55.5 Å². The van der Waals surface area contributed by atoms with Crippen molar-refractivity contribution in [2.45, 2.75) is 13.5 Å². The van der Waals surface area contributed by atoms with Crippen LogP contribution in [0.3, 0.4) is 0 Å². The molecule has 2 aromatic rings. The van der Waals surface area contributed by atoms with Crippen molar-refractivity contribution in [3.63, 3.8) is 0 Å². The van der Waals surface area contributed by atoms with E-state index in [9.17, 15) is 9.59 Å². The first-order valence-electron chi connectivity index (χ1n) is 9.30. The molecule has 1 fully saturated rings. The van der Waals surface area contributed by atoms with Gasteiger partial charge in [0.25, 0.3) is 11.1 Å². The number of hydrogen-bond donors (Lipinski definition) is 0. The summed E-state index contributed by atoms with van der Waals surface area (Å²) < 4.78 is 16.6. The molecule has 0 N–H and O–H groups in total. The number of amides is 2. The molecule has 29 heavy (non-hydrogen) atoms. The van der Waals surface area contributed by atoms with Gasteiger partial charge in [0.05, 0.1) is 24.7 Å². The Bertz CT molecular complexity index is 897. The molecule has 0 spiro atoms. The van der Waals surface area contributed by atoms with Gasteiger partial charge in [0.2, 0.25) is 0 Å². The largest absolute Gasteiger partial charge is 0.490 e. The average molecular weight is 413 g/mol. The van der Waals surface area contributed by atoms with Gasteiger partial charge >= 0.3 is 0 Å². The highest BCUT2D eigenvalue weighted by Crippen LogP contribution is 2.34. The van der Waals surface area contributed by atoms with Crippen LogP contribution in [0, 0.1) is 0 Å². The summed E-state index contributed by atoms with van der Waals surface area (Å²) in [7, 11) is 1.53. The Kier molecular flexibility index (Phi) is 7.32. The van der Waals surface area contributed by atoms with Crippen molar-refractivity contribution in [1.82, 2.24) is 4.90 Å². The first-order valence-corrected chi connectivity index (χ1v) is 10.1. The second-order valence-electron chi connectivity index (χ2n) is 6.24. The molecule has 0 radical (unpaired) electrons. The molecular weight excluding hydrogens is 390 g/mol. The molecule has 0 saturated carbocycles. The number of methoxy groups -OCH3 is 1. The summed E-state index contributed by atoms with van der Waals surface area (Å²) in [6.07, 6.45) is 1.70. The molecule has 0 aromatic heterocycles. The molecule has 7 heteroatoms. The summed E-state index contributed by atoms with van der Waals surface area (Å²) in [5.41, 5.74) is 1.82. The lowest BCUT2D eigenvalue weighted by atomic mass is 10.1. The predicted molar refractivity (Wildman–Crippen MR) is 113 cm³/mol. The van der Waals surface area contributed by atoms with Crippen LogP contribution in [-0.4, -0.2) is 42.9 Å². The zero-order valence-corrected chi connectivity index (χ0v) is 17.2. The van der Waals surface area contributed by atoms with Crippen LogP contribution < -0.4 is 9.47 Å². The van der Waals surface area contributed by atoms with E-state index < -0.39 is 0 Å². The van der Waals surface area contributed by atoms with Crippen molar-refractivity contribution in [2.24, 2.45) is 0 Å². The maximum atomic E-state index is 12.5. The minimum Gasteiger partial charge on any atom is -0.490 e. The Morgan fingerprint density at radius 2 is 1.83 bits per heavy atom. The van der Waals surface area contributed by atoms with Crippen LogP contribution in [0.25, 0.3) is 6.08 Å². The van der Waals surface area contributed by atoms with Crippen molar-refractivity contribution in [3.8, 4) is 11.5 Å². The van der Waals surface area contributed by atoms with E-state index in [-0.39, 0.29) is 17.7 Å². The summed E-state index contributed by atoms with van der Waals surface area (Å²) in [5.74, 6) is 0.913. The van der Waals surface area contributed by atoms with Gasteiger partial charge in [-0.25, -0.2) is 0 Å². The Balaban J connectivity index is 1.76. The molecule has 2 amide bonds. The number of thioether (sulfide) groups is 1. The molecule has 1 aliphatic rings. The van der Waals surface area contributed by atoms with Crippen LogP contribution >= 0.6 is 11.8 Å². The fraction of sp³-hybridized carbons (Fsp3) is 0.273. The molecular formula is C22H23NO5S. The molecule has 3 rings (SSSR count). The van der Waals surface area contributed by atoms with Crippen LogP contribution in [0.4, 0.5) is 4.79 Å². The SMILES string of the molecule is CCOc1cc(/C=C2/SC(=O)N(CCOC)C2=O)ccc1OCc1ccccc1. The van der Waals surface area contributed by atoms with Gasteiger partial charge in [0.1, 0.15) is 6.61 Å². The highest BCUT2D eigenvalue weighted by Gasteiger charge is 2.34. The quantitative estimate of drug-likeness (QED) is 0.570. The second-order valence-corrected chi connectivity index (χ2v) is 7.23. The Morgan fingerprint density at radius 1 is 1.03 bits per heavy atom. The fourth-order valence-electron chi connectivity index (χ4n) is 2.76. The minimum atomic E-state index is -0.306. The topological polar surface area (TPSA) is 65.1 Å². The number of hydrogen-bond acceptors (Lipinski definition) is 6. The molecule has 1 saturated heterocycles. The Morgan fingerprint density at radius 3 is 2.55 bits per heavy atom. The van der Waals surface area contributed by atoms with Crippen LogP contribution in [0.5, 0.6) is 11.5 Å². The number of imide groups is 1. The van der Waals surface area contributed by atoms with Crippen molar-refractivity contribution in [3.05, 3.63) is 64.6 Å². The molecule has 0 aliphatic carbocycles. The zero-order valence-electron chi connectivity index (χ0n) is 16.4. The minimum absolute atomic E-state index is 0.245. The van der Waals surface area contributed by atoms with E-state index in [1.54, 1.807) is 6.08 Å². The lowest BCUT2D eigenvalue weighted by Crippen LogP contribution is -2.31. The van der Waals surface area contributed by atoms with E-state index >= 15 is 0 Å². The molecule has 0 atom stereocenters. The van der Waals surface area contributed by atoms with Gasteiger partial charge in [0, 0.05) is 7.11 Å². The van der Waals surface area contributed by atoms with Gasteiger partial charge in [-0.2, -0.15) is 0 Å². The van der Waals surface area contributed by atoms with Gasteiger partial charge in [-0.05, 0) is 48.0 Å². The van der Waals surface area contributed by atoms with Crippen LogP contribution in [0.1, 0.15) is 18.1 Å². The highest BCUT2D eigenvalue weighted by atomic mass is 32.2. The lowest BCUT2D eigenvalue weighted by Gasteiger charge is -2.13. The molecule has 0 unspecified atom stereocenters. The number of carbonyl (C=O) groups excluding carboxylic acids is 2. The van der Waals surface area contributed by atoms with Crippen molar-refractivity contribution < 1.29 is 23.8 Å². The molecule has 152 valence electrons. The zero-order chi connectivity index (χ0) is 20.6. The highest BCUT2D eigenvalue weighted by molar-refractivity contribution is 8.18. The number of ether oxygens (including phenoxy) is 3. The summed E-state index contributed by atoms with van der Waals surface area (Å²) >= 11 is 0.929. The number of nitrogens with zero attached hydrogens (tertiary/aromatic N) is 1. The van der Waals surface area contributed by atoms with Crippen LogP contribution in [0.15, 0.2) is 53.4 Å². The number of benzene rings is 2. The molecule has 1 aliphatic heterocycles. The third kappa shape index (κ3) is 5.40.